The van der Waals surface area contributed by atoms with Crippen molar-refractivity contribution in [2.45, 2.75) is 31.5 Å². The molecule has 9 nitrogen and oxygen atoms in total. The summed E-state index contributed by atoms with van der Waals surface area (Å²) < 4.78 is 11.7. The van der Waals surface area contributed by atoms with Crippen LogP contribution in [-0.4, -0.2) is 50.7 Å². The van der Waals surface area contributed by atoms with E-state index in [0.29, 0.717) is 5.56 Å². The summed E-state index contributed by atoms with van der Waals surface area (Å²) in [4.78, 5) is 27.5. The average Bonchev–Trinajstić information content (AvgIpc) is 2.88. The van der Waals surface area contributed by atoms with Crippen molar-refractivity contribution in [3.05, 3.63) is 58.1 Å². The number of nitrogen functional groups attached to an aromatic ring is 1. The molecule has 0 saturated carbocycles. The maximum absolute atomic E-state index is 12.0. The van der Waals surface area contributed by atoms with Gasteiger partial charge < -0.3 is 25.4 Å². The molecular weight excluding hydrogens is 378 g/mol. The maximum Gasteiger partial charge on any atom is 0.351 e. The molecule has 146 valence electrons. The van der Waals surface area contributed by atoms with Crippen molar-refractivity contribution in [3.63, 3.8) is 0 Å². The van der Waals surface area contributed by atoms with Crippen LogP contribution in [0.3, 0.4) is 0 Å². The number of benzene rings is 1. The minimum Gasteiger partial charge on any atom is -0.459 e. The number of halogens is 1. The molecule has 1 aliphatic rings. The van der Waals surface area contributed by atoms with E-state index in [2.05, 4.69) is 4.98 Å². The first-order valence-electron chi connectivity index (χ1n) is 7.97. The lowest BCUT2D eigenvalue weighted by atomic mass is 10.1. The Balaban J connectivity index is 0.00000261. The van der Waals surface area contributed by atoms with Gasteiger partial charge in [-0.1, -0.05) is 17.7 Å². The molecule has 4 N–H and O–H groups in total. The van der Waals surface area contributed by atoms with Gasteiger partial charge in [-0.2, -0.15) is 4.98 Å². The monoisotopic (exact) mass is 397 g/mol. The standard InChI is InChI=1S/C17H19N3O6.ClH/c1-9-2-4-10(5-3-9)16(23)25-8-11-13(21)14(22)15(26-11)20-7-6-12(18)19-17(20)24;/h2-7,11,13-15,21-22H,8H2,1H3,(H2,18,19,24);1H/t11-,13-,14+,15-;/m1./s1. The highest BCUT2D eigenvalue weighted by Crippen LogP contribution is 2.28. The Kier molecular flexibility index (Phi) is 6.55. The molecule has 0 unspecified atom stereocenters. The molecular formula is C17H20ClN3O6. The molecule has 2 aromatic rings. The number of nitrogens with zero attached hydrogens (tertiary/aromatic N) is 2. The predicted molar refractivity (Wildman–Crippen MR) is 97.5 cm³/mol. The zero-order chi connectivity index (χ0) is 18.8. The minimum atomic E-state index is -1.39. The maximum atomic E-state index is 12.0. The lowest BCUT2D eigenvalue weighted by molar-refractivity contribution is -0.0598. The average molecular weight is 398 g/mol. The molecule has 0 amide bonds. The molecule has 0 bridgehead atoms. The number of aromatic nitrogens is 2. The molecule has 4 atom stereocenters. The van der Waals surface area contributed by atoms with E-state index in [9.17, 15) is 19.8 Å². The third-order valence-electron chi connectivity index (χ3n) is 4.13. The molecule has 1 aromatic carbocycles. The number of aliphatic hydroxyl groups is 2. The van der Waals surface area contributed by atoms with Crippen molar-refractivity contribution in [2.24, 2.45) is 0 Å². The van der Waals surface area contributed by atoms with Gasteiger partial charge in [0.1, 0.15) is 30.7 Å². The number of aliphatic hydroxyl groups excluding tert-OH is 2. The number of esters is 1. The van der Waals surface area contributed by atoms with Crippen LogP contribution in [0.5, 0.6) is 0 Å². The van der Waals surface area contributed by atoms with E-state index in [1.807, 2.05) is 6.92 Å². The zero-order valence-corrected chi connectivity index (χ0v) is 15.2. The van der Waals surface area contributed by atoms with Gasteiger partial charge in [0.05, 0.1) is 5.56 Å². The summed E-state index contributed by atoms with van der Waals surface area (Å²) in [5.74, 6) is -0.548. The number of hydrogen-bond acceptors (Lipinski definition) is 8. The van der Waals surface area contributed by atoms with Crippen LogP contribution in [0.4, 0.5) is 5.82 Å². The SMILES string of the molecule is Cc1ccc(C(=O)OC[C@H]2O[C@@H](n3ccc(N)nc3=O)[C@@H](O)[C@@H]2O)cc1.Cl. The highest BCUT2D eigenvalue weighted by molar-refractivity contribution is 5.89. The van der Waals surface area contributed by atoms with Gasteiger partial charge in [-0.3, -0.25) is 4.57 Å². The van der Waals surface area contributed by atoms with Crippen molar-refractivity contribution in [1.82, 2.24) is 9.55 Å². The Morgan fingerprint density at radius 3 is 2.56 bits per heavy atom. The Morgan fingerprint density at radius 2 is 1.93 bits per heavy atom. The Morgan fingerprint density at radius 1 is 1.26 bits per heavy atom. The van der Waals surface area contributed by atoms with Crippen LogP contribution >= 0.6 is 12.4 Å². The van der Waals surface area contributed by atoms with E-state index < -0.39 is 36.2 Å². The van der Waals surface area contributed by atoms with Crippen LogP contribution < -0.4 is 11.4 Å². The van der Waals surface area contributed by atoms with Gasteiger partial charge in [-0.15, -0.1) is 12.4 Å². The molecule has 27 heavy (non-hydrogen) atoms. The van der Waals surface area contributed by atoms with E-state index >= 15 is 0 Å². The fourth-order valence-corrected chi connectivity index (χ4v) is 2.65. The molecule has 1 saturated heterocycles. The molecule has 10 heteroatoms. The Hall–Kier alpha value is -2.46. The fourth-order valence-electron chi connectivity index (χ4n) is 2.65. The largest absolute Gasteiger partial charge is 0.459 e. The van der Waals surface area contributed by atoms with Crippen LogP contribution in [0.1, 0.15) is 22.1 Å². The summed E-state index contributed by atoms with van der Waals surface area (Å²) in [7, 11) is 0. The first-order chi connectivity index (χ1) is 12.4. The second kappa shape index (κ2) is 8.49. The van der Waals surface area contributed by atoms with Crippen LogP contribution in [0.2, 0.25) is 0 Å². The number of carbonyl (C=O) groups excluding carboxylic acids is 1. The van der Waals surface area contributed by atoms with E-state index in [4.69, 9.17) is 15.2 Å². The highest BCUT2D eigenvalue weighted by Gasteiger charge is 2.44. The summed E-state index contributed by atoms with van der Waals surface area (Å²) in [6, 6.07) is 8.17. The van der Waals surface area contributed by atoms with Gasteiger partial charge in [-0.25, -0.2) is 9.59 Å². The van der Waals surface area contributed by atoms with Crippen LogP contribution in [-0.2, 0) is 9.47 Å². The first-order valence-corrected chi connectivity index (χ1v) is 7.97. The van der Waals surface area contributed by atoms with Crippen molar-refractivity contribution in [2.75, 3.05) is 12.3 Å². The predicted octanol–water partition coefficient (Wildman–Crippen LogP) is 0.0319. The van der Waals surface area contributed by atoms with E-state index in [0.717, 1.165) is 10.1 Å². The number of ether oxygens (including phenoxy) is 2. The number of hydrogen-bond donors (Lipinski definition) is 3. The summed E-state index contributed by atoms with van der Waals surface area (Å²) in [6.07, 6.45) is -3.56. The lowest BCUT2D eigenvalue weighted by Gasteiger charge is -2.16. The van der Waals surface area contributed by atoms with E-state index in [1.54, 1.807) is 24.3 Å². The summed E-state index contributed by atoms with van der Waals surface area (Å²) in [6.45, 7) is 1.62. The molecule has 1 fully saturated rings. The quantitative estimate of drug-likeness (QED) is 0.614. The molecule has 0 spiro atoms. The molecule has 1 aliphatic heterocycles. The number of carbonyl (C=O) groups is 1. The van der Waals surface area contributed by atoms with Gasteiger partial charge in [0.2, 0.25) is 0 Å². The second-order valence-electron chi connectivity index (χ2n) is 6.05. The summed E-state index contributed by atoms with van der Waals surface area (Å²) in [5.41, 5.74) is 6.07. The topological polar surface area (TPSA) is 137 Å². The fraction of sp³-hybridized carbons (Fsp3) is 0.353. The second-order valence-corrected chi connectivity index (χ2v) is 6.05. The number of anilines is 1. The van der Waals surface area contributed by atoms with E-state index in [-0.39, 0.29) is 24.8 Å². The highest BCUT2D eigenvalue weighted by atomic mass is 35.5. The van der Waals surface area contributed by atoms with Crippen LogP contribution in [0, 0.1) is 6.92 Å². The Labute approximate surface area is 160 Å². The molecule has 0 radical (unpaired) electrons. The molecule has 2 heterocycles. The Bertz CT molecular complexity index is 856. The van der Waals surface area contributed by atoms with Gasteiger partial charge in [0, 0.05) is 6.20 Å². The number of nitrogens with two attached hydrogens (primary N) is 1. The minimum absolute atomic E-state index is 0. The van der Waals surface area contributed by atoms with Crippen LogP contribution in [0.15, 0.2) is 41.3 Å². The van der Waals surface area contributed by atoms with Gasteiger partial charge in [0.25, 0.3) is 0 Å². The van der Waals surface area contributed by atoms with Crippen molar-refractivity contribution in [3.8, 4) is 0 Å². The third kappa shape index (κ3) is 4.45. The summed E-state index contributed by atoms with van der Waals surface area (Å²) in [5, 5.41) is 20.3. The smallest absolute Gasteiger partial charge is 0.351 e. The molecule has 1 aromatic heterocycles. The first kappa shape index (κ1) is 20.8. The van der Waals surface area contributed by atoms with E-state index in [1.165, 1.54) is 12.3 Å². The number of aryl methyl sites for hydroxylation is 1. The van der Waals surface area contributed by atoms with Gasteiger partial charge >= 0.3 is 11.7 Å². The lowest BCUT2D eigenvalue weighted by Crippen LogP contribution is -2.36. The van der Waals surface area contributed by atoms with Gasteiger partial charge in [0.15, 0.2) is 6.23 Å². The van der Waals surface area contributed by atoms with Crippen LogP contribution in [0.25, 0.3) is 0 Å². The van der Waals surface area contributed by atoms with Crippen molar-refractivity contribution in [1.29, 1.82) is 0 Å². The summed E-state index contributed by atoms with van der Waals surface area (Å²) >= 11 is 0. The number of rotatable bonds is 4. The van der Waals surface area contributed by atoms with Crippen molar-refractivity contribution >= 4 is 24.2 Å². The van der Waals surface area contributed by atoms with Crippen molar-refractivity contribution < 1.29 is 24.5 Å². The molecule has 3 rings (SSSR count). The normalized spacial score (nSPS) is 24.3. The third-order valence-corrected chi connectivity index (χ3v) is 4.13. The molecule has 0 aliphatic carbocycles. The van der Waals surface area contributed by atoms with Gasteiger partial charge in [-0.05, 0) is 25.1 Å². The zero-order valence-electron chi connectivity index (χ0n) is 14.4.